The van der Waals surface area contributed by atoms with Crippen molar-refractivity contribution in [3.8, 4) is 17.2 Å². The second kappa shape index (κ2) is 12.2. The molecule has 0 unspecified atom stereocenters. The summed E-state index contributed by atoms with van der Waals surface area (Å²) in [6.45, 7) is 0.0349. The maximum Gasteiger partial charge on any atom is 0.472 e. The molecule has 0 radical (unpaired) electrons. The van der Waals surface area contributed by atoms with Crippen molar-refractivity contribution in [3.05, 3.63) is 126 Å². The molecular formula is C29H28N4O6P+. The van der Waals surface area contributed by atoms with Crippen molar-refractivity contribution in [2.45, 2.75) is 19.1 Å². The minimum atomic E-state index is -4.64. The van der Waals surface area contributed by atoms with E-state index < -0.39 is 14.6 Å². The van der Waals surface area contributed by atoms with Gasteiger partial charge >= 0.3 is 7.82 Å². The number of ether oxygens (including phenoxy) is 1. The Bertz CT molecular complexity index is 1550. The lowest BCUT2D eigenvalue weighted by Crippen LogP contribution is -2.38. The molecule has 0 saturated carbocycles. The highest BCUT2D eigenvalue weighted by Gasteiger charge is 2.21. The molecular weight excluding hydrogens is 531 g/mol. The predicted molar refractivity (Wildman–Crippen MR) is 147 cm³/mol. The fraction of sp³-hybridized carbons (Fsp3) is 0.138. The van der Waals surface area contributed by atoms with Gasteiger partial charge in [-0.2, -0.15) is 0 Å². The zero-order valence-electron chi connectivity index (χ0n) is 21.4. The highest BCUT2D eigenvalue weighted by atomic mass is 31.2. The first-order valence-corrected chi connectivity index (χ1v) is 14.0. The molecule has 3 aromatic heterocycles. The third kappa shape index (κ3) is 6.99. The fourth-order valence-electron chi connectivity index (χ4n) is 4.28. The number of hydrogen-bond donors (Lipinski definition) is 3. The molecule has 10 nitrogen and oxygen atoms in total. The highest BCUT2D eigenvalue weighted by molar-refractivity contribution is 7.46. The normalized spacial score (nSPS) is 11.6. The molecule has 0 atom stereocenters. The average Bonchev–Trinajstić information content (AvgIpc) is 3.42. The smallest absolute Gasteiger partial charge is 0.472 e. The molecule has 4 N–H and O–H groups in total. The number of aromatic nitrogens is 3. The van der Waals surface area contributed by atoms with E-state index in [-0.39, 0.29) is 11.7 Å². The summed E-state index contributed by atoms with van der Waals surface area (Å²) in [5.74, 6) is 1.23. The molecule has 40 heavy (non-hydrogen) atoms. The zero-order valence-corrected chi connectivity index (χ0v) is 22.3. The van der Waals surface area contributed by atoms with Crippen molar-refractivity contribution < 1.29 is 32.7 Å². The van der Waals surface area contributed by atoms with Crippen molar-refractivity contribution in [3.63, 3.8) is 0 Å². The molecule has 0 aliphatic heterocycles. The monoisotopic (exact) mass is 559 g/mol. The fourth-order valence-corrected chi connectivity index (χ4v) is 4.55. The highest BCUT2D eigenvalue weighted by Crippen LogP contribution is 2.35. The van der Waals surface area contributed by atoms with Crippen molar-refractivity contribution in [2.75, 3.05) is 12.3 Å². The summed E-state index contributed by atoms with van der Waals surface area (Å²) in [6.07, 6.45) is 3.76. The third-order valence-corrected chi connectivity index (χ3v) is 6.74. The summed E-state index contributed by atoms with van der Waals surface area (Å²) in [5, 5.41) is 4.14. The van der Waals surface area contributed by atoms with Crippen LogP contribution in [0, 0.1) is 0 Å². The van der Waals surface area contributed by atoms with Crippen LogP contribution in [0.2, 0.25) is 0 Å². The van der Waals surface area contributed by atoms with Gasteiger partial charge in [-0.05, 0) is 28.8 Å². The van der Waals surface area contributed by atoms with Crippen molar-refractivity contribution in [2.24, 2.45) is 0 Å². The van der Waals surface area contributed by atoms with Gasteiger partial charge in [-0.3, -0.25) is 5.73 Å². The van der Waals surface area contributed by atoms with Crippen LogP contribution in [0.25, 0.3) is 11.3 Å². The molecule has 11 heteroatoms. The van der Waals surface area contributed by atoms with E-state index in [4.69, 9.17) is 24.8 Å². The number of nitrogens with two attached hydrogens (primary N) is 1. The predicted octanol–water partition coefficient (Wildman–Crippen LogP) is 4.47. The summed E-state index contributed by atoms with van der Waals surface area (Å²) in [6, 6.07) is 29.4. The van der Waals surface area contributed by atoms with Crippen molar-refractivity contribution >= 4 is 13.6 Å². The van der Waals surface area contributed by atoms with E-state index in [1.54, 1.807) is 30.6 Å². The molecule has 0 aliphatic carbocycles. The Morgan fingerprint density at radius 2 is 1.65 bits per heavy atom. The van der Waals surface area contributed by atoms with Crippen molar-refractivity contribution in [1.82, 2.24) is 10.1 Å². The van der Waals surface area contributed by atoms with Crippen LogP contribution in [-0.4, -0.2) is 26.5 Å². The van der Waals surface area contributed by atoms with Crippen LogP contribution in [-0.2, 0) is 22.2 Å². The number of anilines is 1. The minimum absolute atomic E-state index is 0.0740. The van der Waals surface area contributed by atoms with Crippen LogP contribution in [0.5, 0.6) is 5.88 Å². The molecule has 0 spiro atoms. The number of rotatable bonds is 11. The van der Waals surface area contributed by atoms with Crippen molar-refractivity contribution in [1.29, 1.82) is 0 Å². The number of hydrogen-bond acceptors (Lipinski definition) is 7. The lowest BCUT2D eigenvalue weighted by molar-refractivity contribution is -0.711. The van der Waals surface area contributed by atoms with Gasteiger partial charge in [0.05, 0.1) is 11.9 Å². The van der Waals surface area contributed by atoms with Gasteiger partial charge in [0.25, 0.3) is 5.82 Å². The third-order valence-electron chi connectivity index (χ3n) is 6.29. The Hall–Kier alpha value is -4.34. The van der Waals surface area contributed by atoms with Crippen LogP contribution < -0.4 is 15.0 Å². The first kappa shape index (κ1) is 27.2. The maximum atomic E-state index is 11.0. The maximum absolute atomic E-state index is 11.0. The van der Waals surface area contributed by atoms with Gasteiger partial charge in [0.15, 0.2) is 5.76 Å². The molecule has 5 rings (SSSR count). The zero-order chi connectivity index (χ0) is 28.0. The molecule has 5 aromatic rings. The number of pyridine rings is 2. The van der Waals surface area contributed by atoms with E-state index in [1.165, 1.54) is 15.7 Å². The molecule has 0 saturated heterocycles. The van der Waals surface area contributed by atoms with E-state index in [1.807, 2.05) is 48.5 Å². The number of nitrogens with zero attached hydrogens (tertiary/aromatic N) is 3. The van der Waals surface area contributed by atoms with E-state index in [0.29, 0.717) is 35.9 Å². The number of benzene rings is 2. The van der Waals surface area contributed by atoms with E-state index in [9.17, 15) is 4.57 Å². The Kier molecular flexibility index (Phi) is 8.33. The molecule has 204 valence electrons. The van der Waals surface area contributed by atoms with Crippen LogP contribution in [0.3, 0.4) is 0 Å². The van der Waals surface area contributed by atoms with Gasteiger partial charge in [-0.15, -0.1) is 0 Å². The quantitative estimate of drug-likeness (QED) is 0.158. The molecule has 0 amide bonds. The summed E-state index contributed by atoms with van der Waals surface area (Å²) in [7, 11) is -4.64. The number of nitrogen functional groups attached to an aromatic ring is 1. The summed E-state index contributed by atoms with van der Waals surface area (Å²) < 4.78 is 28.5. The first-order valence-electron chi connectivity index (χ1n) is 12.5. The Labute approximate surface area is 230 Å². The Morgan fingerprint density at radius 3 is 2.27 bits per heavy atom. The standard InChI is InChI=1S/C29H27N4O6P/c30-29-25(12-7-15-33(29)20-38-40(34,35)36)27-17-24(32-39-27)16-21-13-14-28(31-18-21)37-19-26(22-8-3-1-4-9-22)23-10-5-2-6-11-23/h1-15,17-18,26,30H,16,19-20H2,(H2,34,35,36)/p+1. The number of phosphoric ester groups is 1. The topological polar surface area (TPSA) is 145 Å². The lowest BCUT2D eigenvalue weighted by atomic mass is 9.92. The summed E-state index contributed by atoms with van der Waals surface area (Å²) >= 11 is 0. The minimum Gasteiger partial charge on any atom is -0.477 e. The SMILES string of the molecule is Nc1c(-c2cc(Cc3ccc(OCC(c4ccccc4)c4ccccc4)nc3)no2)ccc[n+]1COP(=O)(O)O. The molecule has 3 heterocycles. The van der Waals surface area contributed by atoms with Gasteiger partial charge in [0.1, 0.15) is 12.2 Å². The average molecular weight is 560 g/mol. The van der Waals surface area contributed by atoms with E-state index in [2.05, 4.69) is 38.9 Å². The summed E-state index contributed by atoms with van der Waals surface area (Å²) in [5.41, 5.74) is 10.6. The molecule has 2 aromatic carbocycles. The van der Waals surface area contributed by atoms with Crippen LogP contribution in [0.1, 0.15) is 28.3 Å². The van der Waals surface area contributed by atoms with Gasteiger partial charge in [0.2, 0.25) is 12.6 Å². The van der Waals surface area contributed by atoms with Crippen LogP contribution in [0.15, 0.2) is 108 Å². The van der Waals surface area contributed by atoms with Crippen LogP contribution >= 0.6 is 7.82 Å². The second-order valence-electron chi connectivity index (χ2n) is 9.07. The van der Waals surface area contributed by atoms with Crippen LogP contribution in [0.4, 0.5) is 5.82 Å². The molecule has 0 bridgehead atoms. The van der Waals surface area contributed by atoms with E-state index in [0.717, 1.165) is 5.56 Å². The Balaban J connectivity index is 1.23. The first-order chi connectivity index (χ1) is 19.4. The Morgan fingerprint density at radius 1 is 0.950 bits per heavy atom. The van der Waals surface area contributed by atoms with Gasteiger partial charge < -0.3 is 19.0 Å². The lowest BCUT2D eigenvalue weighted by Gasteiger charge is -2.18. The van der Waals surface area contributed by atoms with Gasteiger partial charge in [0, 0.05) is 30.7 Å². The summed E-state index contributed by atoms with van der Waals surface area (Å²) in [4.78, 5) is 22.4. The van der Waals surface area contributed by atoms with E-state index >= 15 is 0 Å². The number of phosphoric acid groups is 1. The molecule has 0 aliphatic rings. The molecule has 0 fully saturated rings. The second-order valence-corrected chi connectivity index (χ2v) is 10.3. The van der Waals surface area contributed by atoms with Gasteiger partial charge in [-0.1, -0.05) is 71.9 Å². The van der Waals surface area contributed by atoms with Gasteiger partial charge in [-0.25, -0.2) is 18.6 Å². The largest absolute Gasteiger partial charge is 0.477 e.